The molecule has 0 saturated heterocycles. The van der Waals surface area contributed by atoms with Gasteiger partial charge in [0.1, 0.15) is 6.73 Å². The van der Waals surface area contributed by atoms with Crippen molar-refractivity contribution in [3.63, 3.8) is 0 Å². The minimum Gasteiger partial charge on any atom is -0.478 e. The molecule has 1 aliphatic heterocycles. The minimum atomic E-state index is -0.820. The van der Waals surface area contributed by atoms with Crippen molar-refractivity contribution in [2.75, 3.05) is 19.9 Å². The zero-order chi connectivity index (χ0) is 22.6. The van der Waals surface area contributed by atoms with Crippen LogP contribution in [0.1, 0.15) is 110 Å². The van der Waals surface area contributed by atoms with Crippen LogP contribution in [0, 0.1) is 0 Å². The second kappa shape index (κ2) is 21.6. The minimum absolute atomic E-state index is 0. The Morgan fingerprint density at radius 1 is 0.938 bits per heavy atom. The summed E-state index contributed by atoms with van der Waals surface area (Å²) < 4.78 is 5.74. The first kappa shape index (κ1) is 30.7. The fourth-order valence-corrected chi connectivity index (χ4v) is 3.91. The molecule has 5 heteroatoms. The summed E-state index contributed by atoms with van der Waals surface area (Å²) in [6.45, 7) is 5.91. The summed E-state index contributed by atoms with van der Waals surface area (Å²) in [6.07, 6.45) is 27.7. The molecule has 0 bridgehead atoms. The topological polar surface area (TPSA) is 49.8 Å². The predicted molar refractivity (Wildman–Crippen MR) is 138 cm³/mol. The van der Waals surface area contributed by atoms with Crippen molar-refractivity contribution in [1.29, 1.82) is 0 Å². The van der Waals surface area contributed by atoms with E-state index in [1.165, 1.54) is 83.5 Å². The number of halogens is 1. The van der Waals surface area contributed by atoms with Gasteiger partial charge < -0.3 is 14.7 Å². The molecule has 1 N–H and O–H groups in total. The molecule has 0 aromatic carbocycles. The summed E-state index contributed by atoms with van der Waals surface area (Å²) in [7, 11) is 0. The molecular formula is C27H48ClNO3. The average molecular weight is 470 g/mol. The first-order valence-electron chi connectivity index (χ1n) is 12.8. The van der Waals surface area contributed by atoms with Gasteiger partial charge in [0.2, 0.25) is 0 Å². The van der Waals surface area contributed by atoms with E-state index in [2.05, 4.69) is 19.1 Å². The number of allylic oxidation sites excluding steroid dienone is 4. The fraction of sp³-hybridized carbons (Fsp3) is 0.741. The molecule has 0 saturated carbocycles. The fourth-order valence-electron chi connectivity index (χ4n) is 3.91. The van der Waals surface area contributed by atoms with E-state index >= 15 is 0 Å². The lowest BCUT2D eigenvalue weighted by molar-refractivity contribution is -0.133. The van der Waals surface area contributed by atoms with Crippen LogP contribution in [0.5, 0.6) is 0 Å². The highest BCUT2D eigenvalue weighted by atomic mass is 35.5. The van der Waals surface area contributed by atoms with E-state index in [1.807, 2.05) is 24.1 Å². The Balaban J connectivity index is 0.00000961. The first-order valence-corrected chi connectivity index (χ1v) is 12.8. The predicted octanol–water partition coefficient (Wildman–Crippen LogP) is 8.04. The van der Waals surface area contributed by atoms with Crippen LogP contribution in [-0.4, -0.2) is 35.9 Å². The molecule has 1 aliphatic rings. The molecule has 0 atom stereocenters. The lowest BCUT2D eigenvalue weighted by atomic mass is 10.0. The van der Waals surface area contributed by atoms with E-state index in [9.17, 15) is 9.90 Å². The molecule has 1 heterocycles. The Bertz CT molecular complexity index is 557. The van der Waals surface area contributed by atoms with Gasteiger partial charge in [-0.15, -0.1) is 12.4 Å². The zero-order valence-electron chi connectivity index (χ0n) is 20.7. The smallest absolute Gasteiger partial charge is 0.333 e. The standard InChI is InChI=1S/C27H47NO3.ClH/c1-3-5-6-7-8-9-10-11-12-13-14-15-16-17-18-19-22-31-24-28-21-20-25(4-2)26(23-28)27(29)30;/h11-12,20-21H,3-10,13-19,22-24H2,1-2H3,(H,29,30);1H/b12-11-;. The van der Waals surface area contributed by atoms with Crippen LogP contribution < -0.4 is 0 Å². The van der Waals surface area contributed by atoms with E-state index in [0.29, 0.717) is 18.8 Å². The molecule has 0 spiro atoms. The van der Waals surface area contributed by atoms with Crippen LogP contribution >= 0.6 is 12.4 Å². The van der Waals surface area contributed by atoms with Gasteiger partial charge in [0.05, 0.1) is 12.1 Å². The average Bonchev–Trinajstić information content (AvgIpc) is 2.78. The van der Waals surface area contributed by atoms with E-state index < -0.39 is 5.97 Å². The lowest BCUT2D eigenvalue weighted by Gasteiger charge is -2.25. The van der Waals surface area contributed by atoms with Crippen molar-refractivity contribution in [3.8, 4) is 0 Å². The SMILES string of the molecule is CCCCCCCC/C=C\CCCCCCCCOCN1C=CC(CC)=C(C(=O)O)C1.Cl. The van der Waals surface area contributed by atoms with Gasteiger partial charge in [0.25, 0.3) is 0 Å². The highest BCUT2D eigenvalue weighted by Crippen LogP contribution is 2.18. The molecule has 0 amide bonds. The molecule has 4 nitrogen and oxygen atoms in total. The quantitative estimate of drug-likeness (QED) is 0.145. The van der Waals surface area contributed by atoms with Crippen LogP contribution in [0.25, 0.3) is 0 Å². The van der Waals surface area contributed by atoms with Gasteiger partial charge >= 0.3 is 5.97 Å². The van der Waals surface area contributed by atoms with Crippen LogP contribution in [0.4, 0.5) is 0 Å². The number of rotatable bonds is 20. The van der Waals surface area contributed by atoms with E-state index in [1.54, 1.807) is 0 Å². The van der Waals surface area contributed by atoms with Crippen molar-refractivity contribution < 1.29 is 14.6 Å². The molecule has 0 aliphatic carbocycles. The summed E-state index contributed by atoms with van der Waals surface area (Å²) in [5.74, 6) is -0.820. The van der Waals surface area contributed by atoms with Gasteiger partial charge in [0.15, 0.2) is 0 Å². The number of ether oxygens (including phenoxy) is 1. The third-order valence-electron chi connectivity index (χ3n) is 5.93. The molecule has 0 aromatic heterocycles. The van der Waals surface area contributed by atoms with Crippen molar-refractivity contribution in [3.05, 3.63) is 35.6 Å². The van der Waals surface area contributed by atoms with Gasteiger partial charge in [-0.2, -0.15) is 0 Å². The van der Waals surface area contributed by atoms with Crippen molar-refractivity contribution in [2.24, 2.45) is 0 Å². The Hall–Kier alpha value is -1.26. The number of hydrogen-bond donors (Lipinski definition) is 1. The zero-order valence-corrected chi connectivity index (χ0v) is 21.5. The van der Waals surface area contributed by atoms with Crippen LogP contribution in [0.15, 0.2) is 35.6 Å². The number of unbranched alkanes of at least 4 members (excludes halogenated alkanes) is 12. The summed E-state index contributed by atoms with van der Waals surface area (Å²) in [6, 6.07) is 0. The van der Waals surface area contributed by atoms with Gasteiger partial charge in [-0.05, 0) is 50.2 Å². The molecule has 1 rings (SSSR count). The second-order valence-corrected chi connectivity index (χ2v) is 8.70. The van der Waals surface area contributed by atoms with Crippen LogP contribution in [-0.2, 0) is 9.53 Å². The van der Waals surface area contributed by atoms with Crippen molar-refractivity contribution >= 4 is 18.4 Å². The molecule has 0 radical (unpaired) electrons. The normalized spacial score (nSPS) is 13.8. The molecule has 0 aromatic rings. The summed E-state index contributed by atoms with van der Waals surface area (Å²) >= 11 is 0. The number of aliphatic carboxylic acids is 1. The molecule has 186 valence electrons. The summed E-state index contributed by atoms with van der Waals surface area (Å²) in [5, 5.41) is 9.32. The Morgan fingerprint density at radius 3 is 2.06 bits per heavy atom. The summed E-state index contributed by atoms with van der Waals surface area (Å²) in [4.78, 5) is 13.3. The number of carboxylic acids is 1. The maximum absolute atomic E-state index is 11.3. The number of hydrogen-bond acceptors (Lipinski definition) is 3. The Labute approximate surface area is 203 Å². The van der Waals surface area contributed by atoms with Crippen molar-refractivity contribution in [1.82, 2.24) is 4.90 Å². The molecule has 32 heavy (non-hydrogen) atoms. The maximum atomic E-state index is 11.3. The van der Waals surface area contributed by atoms with Gasteiger partial charge in [-0.25, -0.2) is 4.79 Å². The van der Waals surface area contributed by atoms with Gasteiger partial charge in [0, 0.05) is 12.8 Å². The van der Waals surface area contributed by atoms with Crippen molar-refractivity contribution in [2.45, 2.75) is 110 Å². The lowest BCUT2D eigenvalue weighted by Crippen LogP contribution is -2.29. The van der Waals surface area contributed by atoms with Crippen LogP contribution in [0.3, 0.4) is 0 Å². The van der Waals surface area contributed by atoms with Gasteiger partial charge in [-0.1, -0.05) is 83.8 Å². The van der Waals surface area contributed by atoms with E-state index in [-0.39, 0.29) is 12.4 Å². The number of carboxylic acid groups (broad SMARTS) is 1. The molecular weight excluding hydrogens is 422 g/mol. The molecule has 0 fully saturated rings. The Kier molecular flexibility index (Phi) is 20.7. The first-order chi connectivity index (χ1) is 15.2. The van der Waals surface area contributed by atoms with Crippen LogP contribution in [0.2, 0.25) is 0 Å². The molecule has 0 unspecified atom stereocenters. The highest BCUT2D eigenvalue weighted by Gasteiger charge is 2.18. The maximum Gasteiger partial charge on any atom is 0.333 e. The second-order valence-electron chi connectivity index (χ2n) is 8.70. The third kappa shape index (κ3) is 15.5. The largest absolute Gasteiger partial charge is 0.478 e. The summed E-state index contributed by atoms with van der Waals surface area (Å²) in [5.41, 5.74) is 1.41. The Morgan fingerprint density at radius 2 is 1.50 bits per heavy atom. The van der Waals surface area contributed by atoms with Gasteiger partial charge in [-0.3, -0.25) is 0 Å². The monoisotopic (exact) mass is 469 g/mol. The third-order valence-corrected chi connectivity index (χ3v) is 5.93. The van der Waals surface area contributed by atoms with E-state index in [4.69, 9.17) is 4.74 Å². The number of nitrogens with zero attached hydrogens (tertiary/aromatic N) is 1. The van der Waals surface area contributed by atoms with E-state index in [0.717, 1.165) is 25.0 Å². The highest BCUT2D eigenvalue weighted by molar-refractivity contribution is 5.89. The number of carbonyl (C=O) groups is 1.